The molecule has 0 aromatic rings. The van der Waals surface area contributed by atoms with Crippen molar-refractivity contribution in [1.82, 2.24) is 0 Å². The number of likely N-dealkylation sites (tertiary alicyclic amines) is 1. The molecule has 0 unspecified atom stereocenters. The minimum Gasteiger partial charge on any atom is -0.550 e. The van der Waals surface area contributed by atoms with Gasteiger partial charge in [-0.25, -0.2) is 0 Å². The second-order valence-electron chi connectivity index (χ2n) is 5.43. The van der Waals surface area contributed by atoms with Gasteiger partial charge in [0.15, 0.2) is 0 Å². The van der Waals surface area contributed by atoms with Gasteiger partial charge in [0, 0.05) is 31.8 Å². The molecule has 0 amide bonds. The summed E-state index contributed by atoms with van der Waals surface area (Å²) in [6.45, 7) is 10.2. The number of carboxylic acid groups (broad SMARTS) is 1. The Morgan fingerprint density at radius 2 is 1.70 bits per heavy atom. The van der Waals surface area contributed by atoms with Gasteiger partial charge in [-0.05, 0) is 13.3 Å². The number of carbonyl (C=O) groups is 1. The zero-order valence-corrected chi connectivity index (χ0v) is 13.4. The number of hydrogen-bond donors (Lipinski definition) is 0. The number of rotatable bonds is 9. The smallest absolute Gasteiger partial charge is 0.0786 e. The topological polar surface area (TPSA) is 58.6 Å². The third-order valence-electron chi connectivity index (χ3n) is 3.44. The Morgan fingerprint density at radius 1 is 1.10 bits per heavy atom. The number of carbonyl (C=O) groups excluding carboxylic acids is 1. The summed E-state index contributed by atoms with van der Waals surface area (Å²) >= 11 is 0. The molecule has 0 N–H and O–H groups in total. The molecule has 1 fully saturated rings. The minimum atomic E-state index is -1.08. The van der Waals surface area contributed by atoms with Crippen LogP contribution in [0.2, 0.25) is 0 Å². The standard InChI is InChI=1S/C8H18N.C7H14O4/c1-3-6-9(2)7-4-5-8-9;1-2-10-5-6-11-4-3-7(8)9/h3-8H2,1-2H3;2-6H2,1H3,(H,8,9)/q+1;/p-1. The van der Waals surface area contributed by atoms with Gasteiger partial charge in [0.05, 0.1) is 46.5 Å². The lowest BCUT2D eigenvalue weighted by Crippen LogP contribution is -2.41. The van der Waals surface area contributed by atoms with Crippen LogP contribution >= 0.6 is 0 Å². The van der Waals surface area contributed by atoms with Crippen LogP contribution in [0.15, 0.2) is 0 Å². The number of aliphatic carboxylic acids is 1. The van der Waals surface area contributed by atoms with Crippen molar-refractivity contribution < 1.29 is 23.9 Å². The lowest BCUT2D eigenvalue weighted by Gasteiger charge is -2.28. The average Bonchev–Trinajstić information content (AvgIpc) is 2.81. The predicted octanol–water partition coefficient (Wildman–Crippen LogP) is 0.816. The van der Waals surface area contributed by atoms with Gasteiger partial charge in [-0.3, -0.25) is 0 Å². The summed E-state index contributed by atoms with van der Waals surface area (Å²) in [7, 11) is 2.39. The van der Waals surface area contributed by atoms with Gasteiger partial charge in [-0.15, -0.1) is 0 Å². The van der Waals surface area contributed by atoms with Crippen LogP contribution in [0, 0.1) is 0 Å². The first kappa shape index (κ1) is 19.4. The first-order valence-electron chi connectivity index (χ1n) is 7.73. The van der Waals surface area contributed by atoms with Crippen molar-refractivity contribution in [3.05, 3.63) is 0 Å². The first-order chi connectivity index (χ1) is 9.54. The fraction of sp³-hybridized carbons (Fsp3) is 0.933. The van der Waals surface area contributed by atoms with E-state index < -0.39 is 5.97 Å². The number of ether oxygens (including phenoxy) is 2. The SMILES string of the molecule is CCC[N+]1(C)CCCC1.CCOCCOCCC(=O)[O-]. The zero-order valence-electron chi connectivity index (χ0n) is 13.4. The highest BCUT2D eigenvalue weighted by Crippen LogP contribution is 2.15. The highest BCUT2D eigenvalue weighted by atomic mass is 16.5. The molecule has 0 radical (unpaired) electrons. The van der Waals surface area contributed by atoms with Crippen molar-refractivity contribution in [2.24, 2.45) is 0 Å². The molecule has 0 bridgehead atoms. The van der Waals surface area contributed by atoms with Crippen LogP contribution < -0.4 is 5.11 Å². The molecule has 1 aliphatic rings. The molecule has 20 heavy (non-hydrogen) atoms. The fourth-order valence-corrected chi connectivity index (χ4v) is 2.38. The van der Waals surface area contributed by atoms with Gasteiger partial charge in [0.2, 0.25) is 0 Å². The summed E-state index contributed by atoms with van der Waals surface area (Å²) in [6, 6.07) is 0. The Balaban J connectivity index is 0.000000367. The molecule has 0 spiro atoms. The van der Waals surface area contributed by atoms with E-state index in [-0.39, 0.29) is 13.0 Å². The van der Waals surface area contributed by atoms with Gasteiger partial charge in [-0.2, -0.15) is 0 Å². The Kier molecular flexibility index (Phi) is 11.7. The summed E-state index contributed by atoms with van der Waals surface area (Å²) in [4.78, 5) is 9.87. The first-order valence-corrected chi connectivity index (χ1v) is 7.73. The summed E-state index contributed by atoms with van der Waals surface area (Å²) in [5.74, 6) is -1.08. The van der Waals surface area contributed by atoms with E-state index in [4.69, 9.17) is 9.47 Å². The highest BCUT2D eigenvalue weighted by molar-refractivity contribution is 5.64. The number of quaternary nitrogens is 1. The lowest BCUT2D eigenvalue weighted by molar-refractivity contribution is -0.897. The van der Waals surface area contributed by atoms with Crippen LogP contribution in [0.25, 0.3) is 0 Å². The van der Waals surface area contributed by atoms with E-state index in [9.17, 15) is 9.90 Å². The normalized spacial score (nSPS) is 16.6. The predicted molar refractivity (Wildman–Crippen MR) is 77.2 cm³/mol. The average molecular weight is 289 g/mol. The van der Waals surface area contributed by atoms with Crippen LogP contribution in [0.4, 0.5) is 0 Å². The molecule has 120 valence electrons. The molecular weight excluding hydrogens is 258 g/mol. The van der Waals surface area contributed by atoms with E-state index in [0.717, 1.165) is 0 Å². The maximum Gasteiger partial charge on any atom is 0.0786 e. The van der Waals surface area contributed by atoms with Gasteiger partial charge < -0.3 is 23.9 Å². The number of carboxylic acids is 1. The van der Waals surface area contributed by atoms with Crippen LogP contribution in [0.1, 0.15) is 39.5 Å². The number of nitrogens with zero attached hydrogens (tertiary/aromatic N) is 1. The van der Waals surface area contributed by atoms with E-state index >= 15 is 0 Å². The molecule has 5 nitrogen and oxygen atoms in total. The summed E-state index contributed by atoms with van der Waals surface area (Å²) in [5.41, 5.74) is 0. The maximum absolute atomic E-state index is 9.87. The largest absolute Gasteiger partial charge is 0.550 e. The molecule has 1 saturated heterocycles. The Morgan fingerprint density at radius 3 is 2.20 bits per heavy atom. The lowest BCUT2D eigenvalue weighted by atomic mass is 10.4. The summed E-state index contributed by atoms with van der Waals surface area (Å²) < 4.78 is 11.2. The minimum absolute atomic E-state index is 0.0495. The van der Waals surface area contributed by atoms with E-state index in [0.29, 0.717) is 19.8 Å². The molecule has 0 aromatic heterocycles. The van der Waals surface area contributed by atoms with Gasteiger partial charge in [-0.1, -0.05) is 6.92 Å². The zero-order chi connectivity index (χ0) is 15.3. The van der Waals surface area contributed by atoms with Crippen molar-refractivity contribution in [3.63, 3.8) is 0 Å². The third kappa shape index (κ3) is 11.2. The Labute approximate surface area is 123 Å². The Hall–Kier alpha value is -0.650. The maximum atomic E-state index is 9.87. The highest BCUT2D eigenvalue weighted by Gasteiger charge is 2.24. The van der Waals surface area contributed by atoms with Gasteiger partial charge in [0.25, 0.3) is 0 Å². The van der Waals surface area contributed by atoms with Crippen molar-refractivity contribution in [2.75, 3.05) is 53.1 Å². The van der Waals surface area contributed by atoms with Crippen molar-refractivity contribution in [2.45, 2.75) is 39.5 Å². The summed E-state index contributed by atoms with van der Waals surface area (Å²) in [6.07, 6.45) is 4.20. The molecule has 1 aliphatic heterocycles. The van der Waals surface area contributed by atoms with Crippen LogP contribution in [0.3, 0.4) is 0 Å². The molecule has 1 rings (SSSR count). The molecule has 0 aliphatic carbocycles. The molecule has 0 saturated carbocycles. The second kappa shape index (κ2) is 12.1. The molecular formula is C15H31NO4. The van der Waals surface area contributed by atoms with E-state index in [2.05, 4.69) is 14.0 Å². The number of hydrogen-bond acceptors (Lipinski definition) is 4. The van der Waals surface area contributed by atoms with Gasteiger partial charge in [0.1, 0.15) is 0 Å². The molecule has 5 heteroatoms. The van der Waals surface area contributed by atoms with Gasteiger partial charge >= 0.3 is 0 Å². The molecule has 1 heterocycles. The van der Waals surface area contributed by atoms with Crippen molar-refractivity contribution in [3.8, 4) is 0 Å². The molecule has 0 aromatic carbocycles. The van der Waals surface area contributed by atoms with E-state index in [1.54, 1.807) is 0 Å². The fourth-order valence-electron chi connectivity index (χ4n) is 2.38. The van der Waals surface area contributed by atoms with E-state index in [1.165, 1.54) is 43.4 Å². The van der Waals surface area contributed by atoms with Crippen LogP contribution in [-0.2, 0) is 14.3 Å². The summed E-state index contributed by atoms with van der Waals surface area (Å²) in [5, 5.41) is 9.87. The Bertz CT molecular complexity index is 240. The van der Waals surface area contributed by atoms with E-state index in [1.807, 2.05) is 6.92 Å². The van der Waals surface area contributed by atoms with Crippen LogP contribution in [-0.4, -0.2) is 63.6 Å². The quantitative estimate of drug-likeness (QED) is 0.466. The van der Waals surface area contributed by atoms with Crippen molar-refractivity contribution >= 4 is 5.97 Å². The second-order valence-corrected chi connectivity index (χ2v) is 5.43. The monoisotopic (exact) mass is 289 g/mol. The van der Waals surface area contributed by atoms with Crippen LogP contribution in [0.5, 0.6) is 0 Å². The molecule has 0 atom stereocenters. The van der Waals surface area contributed by atoms with Crippen molar-refractivity contribution in [1.29, 1.82) is 0 Å². The third-order valence-corrected chi connectivity index (χ3v) is 3.44.